The largest absolute Gasteiger partial charge is 0.380 e. The van der Waals surface area contributed by atoms with E-state index in [2.05, 4.69) is 9.97 Å². The van der Waals surface area contributed by atoms with Crippen molar-refractivity contribution in [1.29, 1.82) is 0 Å². The maximum absolute atomic E-state index is 12.8. The minimum atomic E-state index is -0.438. The summed E-state index contributed by atoms with van der Waals surface area (Å²) in [6.45, 7) is 3.46. The summed E-state index contributed by atoms with van der Waals surface area (Å²) in [5.41, 5.74) is 1.96. The lowest BCUT2D eigenvalue weighted by Gasteiger charge is -2.32. The van der Waals surface area contributed by atoms with E-state index in [4.69, 9.17) is 9.47 Å². The van der Waals surface area contributed by atoms with Gasteiger partial charge in [0.25, 0.3) is 11.5 Å². The third-order valence-corrected chi connectivity index (χ3v) is 4.03. The van der Waals surface area contributed by atoms with Gasteiger partial charge in [0.15, 0.2) is 0 Å². The van der Waals surface area contributed by atoms with Crippen molar-refractivity contribution in [2.24, 2.45) is 0 Å². The van der Waals surface area contributed by atoms with E-state index in [1.54, 1.807) is 25.0 Å². The Morgan fingerprint density at radius 3 is 3.04 bits per heavy atom. The molecule has 0 bridgehead atoms. The van der Waals surface area contributed by atoms with Crippen LogP contribution in [0.1, 0.15) is 33.5 Å². The topological polar surface area (TPSA) is 84.5 Å². The molecular formula is C18H21N3O4. The maximum Gasteiger partial charge on any atom is 0.254 e. The molecule has 2 heterocycles. The van der Waals surface area contributed by atoms with Gasteiger partial charge in [0.1, 0.15) is 11.9 Å². The van der Waals surface area contributed by atoms with E-state index in [1.165, 1.54) is 6.07 Å². The van der Waals surface area contributed by atoms with Gasteiger partial charge >= 0.3 is 0 Å². The number of hydrogen-bond donors (Lipinski definition) is 1. The Labute approximate surface area is 145 Å². The van der Waals surface area contributed by atoms with Gasteiger partial charge in [0.05, 0.1) is 19.8 Å². The van der Waals surface area contributed by atoms with Crippen molar-refractivity contribution in [3.63, 3.8) is 0 Å². The number of amides is 1. The van der Waals surface area contributed by atoms with Crippen molar-refractivity contribution in [3.05, 3.63) is 63.3 Å². The predicted octanol–water partition coefficient (Wildman–Crippen LogP) is 1.44. The molecule has 2 aromatic rings. The minimum absolute atomic E-state index is 0.0683. The van der Waals surface area contributed by atoms with Crippen LogP contribution in [-0.4, -0.2) is 47.6 Å². The molecule has 1 unspecified atom stereocenters. The van der Waals surface area contributed by atoms with Crippen LogP contribution in [-0.2, 0) is 16.1 Å². The van der Waals surface area contributed by atoms with Crippen LogP contribution in [0.5, 0.6) is 0 Å². The molecule has 7 heteroatoms. The van der Waals surface area contributed by atoms with E-state index in [-0.39, 0.29) is 11.5 Å². The number of hydrogen-bond acceptors (Lipinski definition) is 5. The molecule has 1 aliphatic rings. The summed E-state index contributed by atoms with van der Waals surface area (Å²) in [5.74, 6) is 0.386. The zero-order valence-corrected chi connectivity index (χ0v) is 14.3. The van der Waals surface area contributed by atoms with Gasteiger partial charge in [-0.3, -0.25) is 9.59 Å². The van der Waals surface area contributed by atoms with Crippen LogP contribution in [0.2, 0.25) is 0 Å². The number of aryl methyl sites for hydroxylation is 1. The van der Waals surface area contributed by atoms with Crippen LogP contribution in [0, 0.1) is 6.92 Å². The first kappa shape index (κ1) is 17.3. The highest BCUT2D eigenvalue weighted by atomic mass is 16.5. The van der Waals surface area contributed by atoms with Gasteiger partial charge in [-0.2, -0.15) is 0 Å². The monoisotopic (exact) mass is 343 g/mol. The first-order valence-corrected chi connectivity index (χ1v) is 8.13. The number of H-pyrrole nitrogens is 1. The third kappa shape index (κ3) is 4.12. The molecule has 132 valence electrons. The number of methoxy groups -OCH3 is 1. The lowest BCUT2D eigenvalue weighted by molar-refractivity contribution is -0.0269. The minimum Gasteiger partial charge on any atom is -0.380 e. The molecule has 0 aliphatic carbocycles. The van der Waals surface area contributed by atoms with Crippen LogP contribution in [0.4, 0.5) is 0 Å². The molecule has 0 radical (unpaired) electrons. The lowest BCUT2D eigenvalue weighted by Crippen LogP contribution is -2.43. The number of nitrogens with zero attached hydrogens (tertiary/aromatic N) is 2. The van der Waals surface area contributed by atoms with Crippen molar-refractivity contribution in [1.82, 2.24) is 14.9 Å². The fourth-order valence-corrected chi connectivity index (χ4v) is 2.90. The summed E-state index contributed by atoms with van der Waals surface area (Å²) in [6.07, 6.45) is -0.438. The number of nitrogens with one attached hydrogen (secondary N) is 1. The van der Waals surface area contributed by atoms with Crippen molar-refractivity contribution >= 4 is 5.91 Å². The Kier molecular flexibility index (Phi) is 5.25. The Balaban J connectivity index is 1.77. The summed E-state index contributed by atoms with van der Waals surface area (Å²) >= 11 is 0. The van der Waals surface area contributed by atoms with Gasteiger partial charge in [-0.25, -0.2) is 4.98 Å². The second-order valence-corrected chi connectivity index (χ2v) is 6.02. The summed E-state index contributed by atoms with van der Waals surface area (Å²) in [6, 6.07) is 8.82. The molecule has 1 fully saturated rings. The van der Waals surface area contributed by atoms with E-state index in [0.717, 1.165) is 5.56 Å². The fourth-order valence-electron chi connectivity index (χ4n) is 2.90. The Bertz CT molecular complexity index is 818. The smallest absolute Gasteiger partial charge is 0.254 e. The number of carbonyl (C=O) groups is 1. The first-order chi connectivity index (χ1) is 12.1. The van der Waals surface area contributed by atoms with E-state index >= 15 is 0 Å². The Hall–Kier alpha value is -2.51. The number of rotatable bonds is 4. The highest BCUT2D eigenvalue weighted by Gasteiger charge is 2.27. The molecule has 1 atom stereocenters. The van der Waals surface area contributed by atoms with Gasteiger partial charge in [-0.1, -0.05) is 12.1 Å². The van der Waals surface area contributed by atoms with E-state index in [9.17, 15) is 9.59 Å². The molecule has 1 aliphatic heterocycles. The van der Waals surface area contributed by atoms with Crippen LogP contribution in [0.3, 0.4) is 0 Å². The standard InChI is InChI=1S/C18H21N3O4/c1-12-8-16(22)20-17(19-12)15-10-21(6-7-25-15)18(23)14-5-3-4-13(9-14)11-24-2/h3-5,8-9,15H,6-7,10-11H2,1-2H3,(H,19,20,22). The van der Waals surface area contributed by atoms with Gasteiger partial charge in [0, 0.05) is 31.0 Å². The number of morpholine rings is 1. The molecule has 25 heavy (non-hydrogen) atoms. The highest BCUT2D eigenvalue weighted by Crippen LogP contribution is 2.20. The third-order valence-electron chi connectivity index (χ3n) is 4.03. The Morgan fingerprint density at radius 1 is 1.44 bits per heavy atom. The van der Waals surface area contributed by atoms with Crippen LogP contribution in [0.15, 0.2) is 35.1 Å². The van der Waals surface area contributed by atoms with Crippen LogP contribution in [0.25, 0.3) is 0 Å². The second kappa shape index (κ2) is 7.58. The molecule has 1 aromatic carbocycles. The molecule has 1 aromatic heterocycles. The van der Waals surface area contributed by atoms with Gasteiger partial charge in [0.2, 0.25) is 0 Å². The molecule has 3 rings (SSSR count). The number of benzene rings is 1. The van der Waals surface area contributed by atoms with Crippen molar-refractivity contribution in [3.8, 4) is 0 Å². The average molecular weight is 343 g/mol. The summed E-state index contributed by atoms with van der Waals surface area (Å²) < 4.78 is 10.8. The number of carbonyl (C=O) groups excluding carboxylic acids is 1. The lowest BCUT2D eigenvalue weighted by atomic mass is 10.1. The molecule has 7 nitrogen and oxygen atoms in total. The summed E-state index contributed by atoms with van der Waals surface area (Å²) in [4.78, 5) is 33.2. The molecule has 1 amide bonds. The van der Waals surface area contributed by atoms with E-state index in [0.29, 0.717) is 43.4 Å². The normalized spacial score (nSPS) is 17.5. The van der Waals surface area contributed by atoms with Crippen LogP contribution >= 0.6 is 0 Å². The fraction of sp³-hybridized carbons (Fsp3) is 0.389. The summed E-state index contributed by atoms with van der Waals surface area (Å²) in [5, 5.41) is 0. The van der Waals surface area contributed by atoms with E-state index in [1.807, 2.05) is 18.2 Å². The predicted molar refractivity (Wildman–Crippen MR) is 91.3 cm³/mol. The van der Waals surface area contributed by atoms with Crippen LogP contribution < -0.4 is 5.56 Å². The molecular weight excluding hydrogens is 322 g/mol. The zero-order valence-electron chi connectivity index (χ0n) is 14.3. The summed E-state index contributed by atoms with van der Waals surface area (Å²) in [7, 11) is 1.62. The maximum atomic E-state index is 12.8. The Morgan fingerprint density at radius 2 is 2.28 bits per heavy atom. The highest BCUT2D eigenvalue weighted by molar-refractivity contribution is 5.94. The number of aromatic nitrogens is 2. The van der Waals surface area contributed by atoms with E-state index < -0.39 is 6.10 Å². The zero-order chi connectivity index (χ0) is 17.8. The average Bonchev–Trinajstić information content (AvgIpc) is 2.61. The van der Waals surface area contributed by atoms with Gasteiger partial charge in [-0.05, 0) is 24.6 Å². The van der Waals surface area contributed by atoms with Crippen molar-refractivity contribution in [2.75, 3.05) is 26.8 Å². The SMILES string of the molecule is COCc1cccc(C(=O)N2CCOC(c3nc(C)cc(=O)[nH]3)C2)c1. The van der Waals surface area contributed by atoms with Gasteiger partial charge < -0.3 is 19.4 Å². The quantitative estimate of drug-likeness (QED) is 0.908. The second-order valence-electron chi connectivity index (χ2n) is 6.02. The number of ether oxygens (including phenoxy) is 2. The van der Waals surface area contributed by atoms with Gasteiger partial charge in [-0.15, -0.1) is 0 Å². The number of aromatic amines is 1. The van der Waals surface area contributed by atoms with Crippen molar-refractivity contribution in [2.45, 2.75) is 19.6 Å². The molecule has 1 N–H and O–H groups in total. The molecule has 0 spiro atoms. The molecule has 1 saturated heterocycles. The van der Waals surface area contributed by atoms with Crippen molar-refractivity contribution < 1.29 is 14.3 Å². The molecule has 0 saturated carbocycles. The first-order valence-electron chi connectivity index (χ1n) is 8.13.